The van der Waals surface area contributed by atoms with E-state index in [0.29, 0.717) is 23.8 Å². The number of amides is 1. The number of hydrogen-bond donors (Lipinski definition) is 1. The Kier molecular flexibility index (Phi) is 5.40. The molecule has 0 saturated carbocycles. The number of hydrogen-bond acceptors (Lipinski definition) is 6. The maximum atomic E-state index is 13.6. The van der Waals surface area contributed by atoms with Gasteiger partial charge in [-0.25, -0.2) is 4.39 Å². The Bertz CT molecular complexity index is 735. The summed E-state index contributed by atoms with van der Waals surface area (Å²) in [5, 5.41) is 6.61. The van der Waals surface area contributed by atoms with Crippen LogP contribution < -0.4 is 5.32 Å². The minimum absolute atomic E-state index is 0.0330. The average Bonchev–Trinajstić information content (AvgIpc) is 3.02. The lowest BCUT2D eigenvalue weighted by atomic mass is 10.1. The Morgan fingerprint density at radius 2 is 2.20 bits per heavy atom. The number of nitrogens with one attached hydrogen (secondary N) is 1. The quantitative estimate of drug-likeness (QED) is 0.874. The molecule has 0 radical (unpaired) electrons. The fourth-order valence-electron chi connectivity index (χ4n) is 2.88. The molecule has 134 valence electrons. The van der Waals surface area contributed by atoms with Crippen LogP contribution in [-0.2, 0) is 11.3 Å². The molecule has 7 nitrogen and oxygen atoms in total. The highest BCUT2D eigenvalue weighted by atomic mass is 19.1. The molecule has 0 bridgehead atoms. The molecule has 1 saturated heterocycles. The molecule has 1 N–H and O–H groups in total. The van der Waals surface area contributed by atoms with E-state index in [9.17, 15) is 9.18 Å². The fourth-order valence-corrected chi connectivity index (χ4v) is 2.88. The molecule has 1 atom stereocenters. The van der Waals surface area contributed by atoms with Gasteiger partial charge in [0.1, 0.15) is 11.9 Å². The summed E-state index contributed by atoms with van der Waals surface area (Å²) in [4.78, 5) is 20.7. The zero-order chi connectivity index (χ0) is 17.8. The minimum atomic E-state index is -0.311. The van der Waals surface area contributed by atoms with Crippen molar-refractivity contribution in [3.63, 3.8) is 0 Å². The van der Waals surface area contributed by atoms with Crippen LogP contribution in [0.2, 0.25) is 0 Å². The van der Waals surface area contributed by atoms with Gasteiger partial charge in [0.15, 0.2) is 5.82 Å². The normalized spacial score (nSPS) is 19.1. The van der Waals surface area contributed by atoms with Gasteiger partial charge in [-0.05, 0) is 20.0 Å². The van der Waals surface area contributed by atoms with Crippen LogP contribution in [0.1, 0.15) is 23.3 Å². The summed E-state index contributed by atoms with van der Waals surface area (Å²) in [6, 6.07) is 6.40. The predicted octanol–water partition coefficient (Wildman–Crippen LogP) is 1.12. The smallest absolute Gasteiger partial charge is 0.245 e. The van der Waals surface area contributed by atoms with E-state index >= 15 is 0 Å². The van der Waals surface area contributed by atoms with Gasteiger partial charge in [-0.3, -0.25) is 14.6 Å². The summed E-state index contributed by atoms with van der Waals surface area (Å²) in [5.74, 6) is 0.724. The Balaban J connectivity index is 1.53. The number of likely N-dealkylation sites (N-methyl/N-ethyl adjacent to an activating group) is 1. The first-order valence-corrected chi connectivity index (χ1v) is 8.26. The van der Waals surface area contributed by atoms with Crippen molar-refractivity contribution in [1.29, 1.82) is 0 Å². The first-order chi connectivity index (χ1) is 12.0. The number of nitrogens with zero attached hydrogens (tertiary/aromatic N) is 4. The van der Waals surface area contributed by atoms with Crippen molar-refractivity contribution in [1.82, 2.24) is 25.3 Å². The summed E-state index contributed by atoms with van der Waals surface area (Å²) < 4.78 is 18.9. The van der Waals surface area contributed by atoms with Gasteiger partial charge in [0.2, 0.25) is 11.8 Å². The van der Waals surface area contributed by atoms with Crippen LogP contribution in [0.3, 0.4) is 0 Å². The van der Waals surface area contributed by atoms with Crippen molar-refractivity contribution in [3.8, 4) is 0 Å². The summed E-state index contributed by atoms with van der Waals surface area (Å²) in [6.45, 7) is 4.42. The highest BCUT2D eigenvalue weighted by Gasteiger charge is 2.30. The molecule has 2 heterocycles. The standard InChI is InChI=1S/C17H22FN5O2/c1-12-20-17(25-21-12)15-10-23(8-7-22(15)2)11-16(24)19-9-13-5-3-4-6-14(13)18/h3-6,15H,7-11H2,1-2H3,(H,19,24)/t15-/m1/s1. The van der Waals surface area contributed by atoms with Crippen molar-refractivity contribution >= 4 is 5.91 Å². The van der Waals surface area contributed by atoms with Crippen LogP contribution in [-0.4, -0.2) is 59.1 Å². The molecule has 25 heavy (non-hydrogen) atoms. The molecule has 1 aromatic carbocycles. The van der Waals surface area contributed by atoms with Crippen molar-refractivity contribution in [2.75, 3.05) is 33.2 Å². The van der Waals surface area contributed by atoms with Crippen molar-refractivity contribution in [2.45, 2.75) is 19.5 Å². The van der Waals surface area contributed by atoms with Crippen LogP contribution in [0, 0.1) is 12.7 Å². The Morgan fingerprint density at radius 1 is 1.40 bits per heavy atom. The maximum Gasteiger partial charge on any atom is 0.245 e. The molecular formula is C17H22FN5O2. The third-order valence-electron chi connectivity index (χ3n) is 4.36. The van der Waals surface area contributed by atoms with E-state index in [4.69, 9.17) is 4.52 Å². The van der Waals surface area contributed by atoms with E-state index in [1.807, 2.05) is 11.9 Å². The van der Waals surface area contributed by atoms with Gasteiger partial charge in [0.25, 0.3) is 0 Å². The molecule has 1 aliphatic rings. The zero-order valence-electron chi connectivity index (χ0n) is 14.4. The topological polar surface area (TPSA) is 74.5 Å². The number of aromatic nitrogens is 2. The number of aryl methyl sites for hydroxylation is 1. The molecule has 0 unspecified atom stereocenters. The Hall–Kier alpha value is -2.32. The minimum Gasteiger partial charge on any atom is -0.351 e. The fraction of sp³-hybridized carbons (Fsp3) is 0.471. The van der Waals surface area contributed by atoms with Crippen LogP contribution >= 0.6 is 0 Å². The van der Waals surface area contributed by atoms with Crippen molar-refractivity contribution in [3.05, 3.63) is 47.4 Å². The van der Waals surface area contributed by atoms with Gasteiger partial charge < -0.3 is 9.84 Å². The van der Waals surface area contributed by atoms with E-state index in [1.54, 1.807) is 25.1 Å². The number of halogens is 1. The molecule has 8 heteroatoms. The largest absolute Gasteiger partial charge is 0.351 e. The summed E-state index contributed by atoms with van der Waals surface area (Å²) in [7, 11) is 2.00. The maximum absolute atomic E-state index is 13.6. The number of rotatable bonds is 5. The van der Waals surface area contributed by atoms with E-state index in [0.717, 1.165) is 13.1 Å². The number of carbonyl (C=O) groups excluding carboxylic acids is 1. The van der Waals surface area contributed by atoms with E-state index in [-0.39, 0.29) is 30.9 Å². The molecule has 3 rings (SSSR count). The van der Waals surface area contributed by atoms with Gasteiger partial charge in [-0.15, -0.1) is 0 Å². The van der Waals surface area contributed by atoms with Gasteiger partial charge in [0, 0.05) is 31.7 Å². The lowest BCUT2D eigenvalue weighted by molar-refractivity contribution is -0.123. The summed E-state index contributed by atoms with van der Waals surface area (Å²) in [6.07, 6.45) is 0. The Labute approximate surface area is 145 Å². The SMILES string of the molecule is Cc1noc([C@H]2CN(CC(=O)NCc3ccccc3F)CCN2C)n1. The third kappa shape index (κ3) is 4.40. The highest BCUT2D eigenvalue weighted by molar-refractivity contribution is 5.78. The number of benzene rings is 1. The lowest BCUT2D eigenvalue weighted by Gasteiger charge is -2.37. The second-order valence-electron chi connectivity index (χ2n) is 6.28. The summed E-state index contributed by atoms with van der Waals surface area (Å²) >= 11 is 0. The number of piperazine rings is 1. The first-order valence-electron chi connectivity index (χ1n) is 8.26. The van der Waals surface area contributed by atoms with Crippen LogP contribution in [0.15, 0.2) is 28.8 Å². The van der Waals surface area contributed by atoms with Crippen LogP contribution in [0.25, 0.3) is 0 Å². The first kappa shape index (κ1) is 17.5. The molecule has 1 amide bonds. The van der Waals surface area contributed by atoms with Gasteiger partial charge in [-0.2, -0.15) is 4.98 Å². The van der Waals surface area contributed by atoms with Crippen LogP contribution in [0.5, 0.6) is 0 Å². The molecule has 1 aliphatic heterocycles. The van der Waals surface area contributed by atoms with Crippen LogP contribution in [0.4, 0.5) is 4.39 Å². The van der Waals surface area contributed by atoms with Gasteiger partial charge >= 0.3 is 0 Å². The van der Waals surface area contributed by atoms with Crippen molar-refractivity contribution in [2.24, 2.45) is 0 Å². The molecule has 0 spiro atoms. The number of carbonyl (C=O) groups is 1. The highest BCUT2D eigenvalue weighted by Crippen LogP contribution is 2.22. The zero-order valence-corrected chi connectivity index (χ0v) is 14.4. The Morgan fingerprint density at radius 3 is 2.92 bits per heavy atom. The van der Waals surface area contributed by atoms with E-state index in [1.165, 1.54) is 6.07 Å². The van der Waals surface area contributed by atoms with Crippen molar-refractivity contribution < 1.29 is 13.7 Å². The third-order valence-corrected chi connectivity index (χ3v) is 4.36. The molecular weight excluding hydrogens is 325 g/mol. The average molecular weight is 347 g/mol. The van der Waals surface area contributed by atoms with Gasteiger partial charge in [-0.1, -0.05) is 23.4 Å². The molecule has 0 aliphatic carbocycles. The molecule has 1 aromatic heterocycles. The van der Waals surface area contributed by atoms with E-state index in [2.05, 4.69) is 20.4 Å². The molecule has 1 fully saturated rings. The predicted molar refractivity (Wildman–Crippen MR) is 89.1 cm³/mol. The molecule has 2 aromatic rings. The monoisotopic (exact) mass is 347 g/mol. The van der Waals surface area contributed by atoms with Gasteiger partial charge in [0.05, 0.1) is 6.54 Å². The second-order valence-corrected chi connectivity index (χ2v) is 6.28. The lowest BCUT2D eigenvalue weighted by Crippen LogP contribution is -2.49. The summed E-state index contributed by atoms with van der Waals surface area (Å²) in [5.41, 5.74) is 0.480. The second kappa shape index (κ2) is 7.71. The van der Waals surface area contributed by atoms with E-state index < -0.39 is 0 Å².